The third-order valence-electron chi connectivity index (χ3n) is 2.87. The molecule has 0 aliphatic rings. The first kappa shape index (κ1) is 17.4. The number of unbranched alkanes of at least 4 members (excludes halogenated alkanes) is 2. The summed E-state index contributed by atoms with van der Waals surface area (Å²) < 4.78 is 65.4. The molecular weight excluding hydrogens is 293 g/mol. The fraction of sp³-hybridized carbons (Fsp3) is 0.500. The summed E-state index contributed by atoms with van der Waals surface area (Å²) in [6.07, 6.45) is 3.56. The minimum Gasteiger partial charge on any atom is -0.391 e. The quantitative estimate of drug-likeness (QED) is 0.176. The largest absolute Gasteiger partial charge is 0.391 e. The number of halogens is 5. The van der Waals surface area contributed by atoms with Gasteiger partial charge in [0.25, 0.3) is 0 Å². The first-order valence-corrected chi connectivity index (χ1v) is 6.55. The van der Waals surface area contributed by atoms with Crippen LogP contribution in [0.25, 0.3) is 0 Å². The lowest BCUT2D eigenvalue weighted by molar-refractivity contribution is 0.122. The van der Waals surface area contributed by atoms with E-state index in [0.29, 0.717) is 12.1 Å². The second kappa shape index (κ2) is 7.95. The summed E-state index contributed by atoms with van der Waals surface area (Å²) in [5.41, 5.74) is -0.441. The highest BCUT2D eigenvalue weighted by molar-refractivity contribution is 5.81. The van der Waals surface area contributed by atoms with Crippen LogP contribution in [0.15, 0.2) is 5.16 Å². The number of oxime groups is 1. The number of nitrogens with zero attached hydrogens (tertiary/aromatic N) is 1. The maximum Gasteiger partial charge on any atom is 0.200 e. The fourth-order valence-corrected chi connectivity index (χ4v) is 1.66. The maximum atomic E-state index is 13.3. The summed E-state index contributed by atoms with van der Waals surface area (Å²) in [6.45, 7) is 2.87. The summed E-state index contributed by atoms with van der Waals surface area (Å²) in [4.78, 5) is 4.68. The van der Waals surface area contributed by atoms with Gasteiger partial charge in [-0.1, -0.05) is 24.9 Å². The van der Waals surface area contributed by atoms with Gasteiger partial charge in [0.05, 0.1) is 11.3 Å². The summed E-state index contributed by atoms with van der Waals surface area (Å²) in [5.74, 6) is -9.96. The normalized spacial score (nSPS) is 11.9. The summed E-state index contributed by atoms with van der Waals surface area (Å²) in [5, 5.41) is 3.60. The highest BCUT2D eigenvalue weighted by atomic mass is 19.2. The van der Waals surface area contributed by atoms with Gasteiger partial charge in [-0.2, -0.15) is 0 Å². The van der Waals surface area contributed by atoms with Crippen molar-refractivity contribution in [3.05, 3.63) is 34.6 Å². The van der Waals surface area contributed by atoms with Crippen LogP contribution >= 0.6 is 0 Å². The van der Waals surface area contributed by atoms with Crippen molar-refractivity contribution in [3.8, 4) is 0 Å². The van der Waals surface area contributed by atoms with E-state index in [1.807, 2.05) is 6.92 Å². The number of rotatable bonds is 7. The zero-order valence-electron chi connectivity index (χ0n) is 11.8. The van der Waals surface area contributed by atoms with Gasteiger partial charge in [0.2, 0.25) is 5.82 Å². The average Bonchev–Trinajstić information content (AvgIpc) is 2.47. The Morgan fingerprint density at radius 3 is 1.95 bits per heavy atom. The number of hydrogen-bond acceptors (Lipinski definition) is 2. The van der Waals surface area contributed by atoms with Crippen molar-refractivity contribution >= 4 is 5.71 Å². The van der Waals surface area contributed by atoms with Crippen LogP contribution in [0.2, 0.25) is 0 Å². The molecule has 1 aromatic carbocycles. The number of hydrogen-bond donors (Lipinski definition) is 0. The number of benzene rings is 1. The molecule has 0 aliphatic carbocycles. The van der Waals surface area contributed by atoms with E-state index in [1.54, 1.807) is 6.92 Å². The van der Waals surface area contributed by atoms with Crippen molar-refractivity contribution in [1.29, 1.82) is 0 Å². The first-order chi connectivity index (χ1) is 9.90. The SMILES string of the molecule is CCCCC/C(C)=N/OCc1c(F)c(F)c(F)c(F)c1F. The smallest absolute Gasteiger partial charge is 0.200 e. The van der Waals surface area contributed by atoms with Gasteiger partial charge in [-0.05, 0) is 19.8 Å². The molecule has 0 heterocycles. The summed E-state index contributed by atoms with van der Waals surface area (Å²) in [7, 11) is 0. The minimum atomic E-state index is -2.19. The van der Waals surface area contributed by atoms with Crippen LogP contribution in [0.4, 0.5) is 22.0 Å². The van der Waals surface area contributed by atoms with Crippen molar-refractivity contribution in [3.63, 3.8) is 0 Å². The van der Waals surface area contributed by atoms with E-state index in [1.165, 1.54) is 0 Å². The zero-order chi connectivity index (χ0) is 16.0. The van der Waals surface area contributed by atoms with Gasteiger partial charge >= 0.3 is 0 Å². The Morgan fingerprint density at radius 2 is 1.43 bits per heavy atom. The molecule has 21 heavy (non-hydrogen) atoms. The Labute approximate surface area is 119 Å². The van der Waals surface area contributed by atoms with Crippen LogP contribution in [-0.2, 0) is 11.4 Å². The van der Waals surface area contributed by atoms with Gasteiger partial charge in [-0.3, -0.25) is 0 Å². The zero-order valence-corrected chi connectivity index (χ0v) is 11.8. The standard InChI is InChI=1S/C14H16F5NO/c1-3-4-5-6-8(2)20-21-7-9-10(15)12(17)14(19)13(18)11(9)16/h3-7H2,1-2H3/b20-8+. The Balaban J connectivity index is 2.74. The molecule has 7 heteroatoms. The lowest BCUT2D eigenvalue weighted by Gasteiger charge is -2.07. The first-order valence-electron chi connectivity index (χ1n) is 6.55. The summed E-state index contributed by atoms with van der Waals surface area (Å²) >= 11 is 0. The molecule has 0 radical (unpaired) electrons. The van der Waals surface area contributed by atoms with Crippen LogP contribution in [0.3, 0.4) is 0 Å². The van der Waals surface area contributed by atoms with E-state index >= 15 is 0 Å². The molecule has 0 atom stereocenters. The van der Waals surface area contributed by atoms with E-state index in [4.69, 9.17) is 0 Å². The molecule has 0 fully saturated rings. The second-order valence-electron chi connectivity index (χ2n) is 4.61. The second-order valence-corrected chi connectivity index (χ2v) is 4.61. The maximum absolute atomic E-state index is 13.3. The molecule has 0 saturated carbocycles. The molecular formula is C14H16F5NO. The molecule has 0 unspecified atom stereocenters. The Bertz CT molecular complexity index is 502. The van der Waals surface area contributed by atoms with Gasteiger partial charge in [0, 0.05) is 0 Å². The minimum absolute atomic E-state index is 0.590. The van der Waals surface area contributed by atoms with Crippen LogP contribution in [0, 0.1) is 29.1 Å². The molecule has 1 aromatic rings. The Morgan fingerprint density at radius 1 is 0.905 bits per heavy atom. The van der Waals surface area contributed by atoms with Gasteiger partial charge in [-0.15, -0.1) is 0 Å². The molecule has 0 saturated heterocycles. The van der Waals surface area contributed by atoms with Gasteiger partial charge in [-0.25, -0.2) is 22.0 Å². The molecule has 0 N–H and O–H groups in total. The lowest BCUT2D eigenvalue weighted by Crippen LogP contribution is -2.08. The molecule has 1 rings (SSSR count). The summed E-state index contributed by atoms with van der Waals surface area (Å²) in [6, 6.07) is 0. The third-order valence-corrected chi connectivity index (χ3v) is 2.87. The highest BCUT2D eigenvalue weighted by Crippen LogP contribution is 2.23. The van der Waals surface area contributed by atoms with Crippen molar-refractivity contribution in [2.24, 2.45) is 5.16 Å². The molecule has 0 spiro atoms. The van der Waals surface area contributed by atoms with Crippen molar-refractivity contribution < 1.29 is 26.8 Å². The van der Waals surface area contributed by atoms with E-state index in [9.17, 15) is 22.0 Å². The van der Waals surface area contributed by atoms with Crippen LogP contribution in [0.5, 0.6) is 0 Å². The van der Waals surface area contributed by atoms with Crippen LogP contribution in [0.1, 0.15) is 45.1 Å². The van der Waals surface area contributed by atoms with Crippen molar-refractivity contribution in [2.45, 2.75) is 46.1 Å². The molecule has 0 bridgehead atoms. The predicted octanol–water partition coefficient (Wildman–Crippen LogP) is 4.85. The highest BCUT2D eigenvalue weighted by Gasteiger charge is 2.25. The van der Waals surface area contributed by atoms with Crippen LogP contribution < -0.4 is 0 Å². The van der Waals surface area contributed by atoms with E-state index < -0.39 is 41.3 Å². The molecule has 2 nitrogen and oxygen atoms in total. The van der Waals surface area contributed by atoms with Crippen molar-refractivity contribution in [1.82, 2.24) is 0 Å². The van der Waals surface area contributed by atoms with Gasteiger partial charge < -0.3 is 4.84 Å². The van der Waals surface area contributed by atoms with Gasteiger partial charge in [0.15, 0.2) is 23.3 Å². The molecule has 118 valence electrons. The monoisotopic (exact) mass is 309 g/mol. The Kier molecular flexibility index (Phi) is 6.58. The third kappa shape index (κ3) is 4.41. The molecule has 0 aromatic heterocycles. The van der Waals surface area contributed by atoms with Gasteiger partial charge in [0.1, 0.15) is 6.61 Å². The molecule has 0 amide bonds. The van der Waals surface area contributed by atoms with Crippen LogP contribution in [-0.4, -0.2) is 5.71 Å². The topological polar surface area (TPSA) is 21.6 Å². The fourth-order valence-electron chi connectivity index (χ4n) is 1.66. The predicted molar refractivity (Wildman–Crippen MR) is 68.3 cm³/mol. The molecule has 0 aliphatic heterocycles. The average molecular weight is 309 g/mol. The lowest BCUT2D eigenvalue weighted by atomic mass is 10.1. The van der Waals surface area contributed by atoms with Crippen molar-refractivity contribution in [2.75, 3.05) is 0 Å². The van der Waals surface area contributed by atoms with E-state index in [2.05, 4.69) is 9.99 Å². The Hall–Kier alpha value is -1.66. The van der Waals surface area contributed by atoms with E-state index in [0.717, 1.165) is 19.3 Å². The van der Waals surface area contributed by atoms with E-state index in [-0.39, 0.29) is 0 Å².